The number of benzene rings is 3. The van der Waals surface area contributed by atoms with E-state index in [1.165, 1.54) is 5.56 Å². The fourth-order valence-electron chi connectivity index (χ4n) is 7.26. The van der Waals surface area contributed by atoms with E-state index in [-0.39, 0.29) is 17.2 Å². The number of carbonyl (C=O) groups is 2. The Morgan fingerprint density at radius 3 is 2.24 bits per heavy atom. The van der Waals surface area contributed by atoms with Gasteiger partial charge in [-0.05, 0) is 74.8 Å². The van der Waals surface area contributed by atoms with Gasteiger partial charge in [0, 0.05) is 40.9 Å². The maximum atomic E-state index is 13.2. The molecule has 252 valence electrons. The maximum absolute atomic E-state index is 13.2. The standard InChI is InChI=1S/C40H44N6O3/c1-26-10-16-31(17-11-26)46-38(24-37(43-46)40(2,3)4)42-39(48)41-30-14-12-27(13-15-30)20-28-21-32-18-19-33(22-28)45(32)25-35(47)36-23-34(44-49-36)29-8-6-5-7-9-29/h5-17,23-24,28,32-33H,18-22,25H2,1-4H3,(H2,41,42,48). The minimum absolute atomic E-state index is 0.00796. The predicted molar refractivity (Wildman–Crippen MR) is 192 cm³/mol. The molecule has 2 bridgehead atoms. The van der Waals surface area contributed by atoms with Crippen LogP contribution in [-0.4, -0.2) is 50.3 Å². The number of amides is 2. The van der Waals surface area contributed by atoms with Gasteiger partial charge in [0.15, 0.2) is 0 Å². The lowest BCUT2D eigenvalue weighted by atomic mass is 9.85. The zero-order valence-corrected chi connectivity index (χ0v) is 28.6. The molecule has 9 heteroatoms. The molecule has 0 saturated carbocycles. The topological polar surface area (TPSA) is 105 Å². The molecular weight excluding hydrogens is 612 g/mol. The van der Waals surface area contributed by atoms with Crippen molar-refractivity contribution >= 4 is 23.3 Å². The van der Waals surface area contributed by atoms with Gasteiger partial charge in [-0.1, -0.05) is 86.1 Å². The summed E-state index contributed by atoms with van der Waals surface area (Å²) in [5.74, 6) is 1.49. The van der Waals surface area contributed by atoms with Gasteiger partial charge in [-0.15, -0.1) is 0 Å². The minimum atomic E-state index is -0.318. The van der Waals surface area contributed by atoms with Crippen molar-refractivity contribution in [1.82, 2.24) is 19.8 Å². The Labute approximate surface area is 287 Å². The average molecular weight is 657 g/mol. The van der Waals surface area contributed by atoms with Crippen LogP contribution in [-0.2, 0) is 11.8 Å². The number of hydrogen-bond donors (Lipinski definition) is 2. The number of nitrogens with one attached hydrogen (secondary N) is 2. The van der Waals surface area contributed by atoms with Crippen LogP contribution in [0, 0.1) is 12.8 Å². The second-order valence-corrected chi connectivity index (χ2v) is 14.7. The van der Waals surface area contributed by atoms with Crippen molar-refractivity contribution in [2.75, 3.05) is 17.2 Å². The van der Waals surface area contributed by atoms with Gasteiger partial charge in [0.05, 0.1) is 17.9 Å². The molecule has 4 heterocycles. The normalized spacial score (nSPS) is 19.1. The number of ketones is 1. The summed E-state index contributed by atoms with van der Waals surface area (Å²) in [7, 11) is 0. The number of Topliss-reactive ketones (excluding diaryl/α,β-unsaturated/α-hetero) is 1. The van der Waals surface area contributed by atoms with E-state index in [0.717, 1.165) is 60.3 Å². The highest BCUT2D eigenvalue weighted by Gasteiger charge is 2.41. The second kappa shape index (κ2) is 13.5. The van der Waals surface area contributed by atoms with Crippen molar-refractivity contribution in [3.8, 4) is 16.9 Å². The lowest BCUT2D eigenvalue weighted by molar-refractivity contribution is 0.0715. The van der Waals surface area contributed by atoms with E-state index in [9.17, 15) is 9.59 Å². The molecule has 2 aromatic heterocycles. The Kier molecular flexibility index (Phi) is 8.94. The molecule has 0 spiro atoms. The molecule has 49 heavy (non-hydrogen) atoms. The number of rotatable bonds is 9. The van der Waals surface area contributed by atoms with Crippen LogP contribution in [0.25, 0.3) is 16.9 Å². The van der Waals surface area contributed by atoms with Gasteiger partial charge in [-0.2, -0.15) is 5.10 Å². The Morgan fingerprint density at radius 2 is 1.57 bits per heavy atom. The third-order valence-electron chi connectivity index (χ3n) is 9.90. The highest BCUT2D eigenvalue weighted by atomic mass is 16.5. The first-order valence-electron chi connectivity index (χ1n) is 17.2. The van der Waals surface area contributed by atoms with Crippen LogP contribution in [0.15, 0.2) is 95.5 Å². The quantitative estimate of drug-likeness (QED) is 0.154. The number of aryl methyl sites for hydroxylation is 1. The highest BCUT2D eigenvalue weighted by Crippen LogP contribution is 2.40. The molecule has 2 N–H and O–H groups in total. The molecule has 2 fully saturated rings. The van der Waals surface area contributed by atoms with Crippen LogP contribution in [0.1, 0.15) is 73.8 Å². The number of hydrogen-bond acceptors (Lipinski definition) is 6. The van der Waals surface area contributed by atoms with Crippen LogP contribution in [0.5, 0.6) is 0 Å². The Hall–Kier alpha value is -5.02. The summed E-state index contributed by atoms with van der Waals surface area (Å²) >= 11 is 0. The molecule has 2 amide bonds. The number of carbonyl (C=O) groups excluding carboxylic acids is 2. The average Bonchev–Trinajstić information content (AvgIpc) is 3.80. The van der Waals surface area contributed by atoms with Gasteiger partial charge in [0.2, 0.25) is 11.5 Å². The van der Waals surface area contributed by atoms with Gasteiger partial charge in [-0.25, -0.2) is 9.48 Å². The molecule has 7 rings (SSSR count). The van der Waals surface area contributed by atoms with E-state index in [1.807, 2.05) is 79.7 Å². The largest absolute Gasteiger partial charge is 0.352 e. The van der Waals surface area contributed by atoms with E-state index >= 15 is 0 Å². The Morgan fingerprint density at radius 1 is 0.878 bits per heavy atom. The summed E-state index contributed by atoms with van der Waals surface area (Å²) in [5.41, 5.74) is 6.38. The molecule has 2 aliphatic rings. The number of anilines is 2. The van der Waals surface area contributed by atoms with E-state index < -0.39 is 0 Å². The molecule has 2 unspecified atom stereocenters. The van der Waals surface area contributed by atoms with E-state index in [1.54, 1.807) is 10.7 Å². The van der Waals surface area contributed by atoms with Crippen LogP contribution in [0.2, 0.25) is 0 Å². The summed E-state index contributed by atoms with van der Waals surface area (Å²) in [5, 5.41) is 14.9. The first-order chi connectivity index (χ1) is 23.6. The summed E-state index contributed by atoms with van der Waals surface area (Å²) in [4.78, 5) is 28.7. The van der Waals surface area contributed by atoms with Crippen molar-refractivity contribution in [3.05, 3.63) is 114 Å². The summed E-state index contributed by atoms with van der Waals surface area (Å²) in [6, 6.07) is 30.2. The zero-order valence-electron chi connectivity index (χ0n) is 28.6. The SMILES string of the molecule is Cc1ccc(-n2nc(C(C)(C)C)cc2NC(=O)Nc2ccc(CC3CC4CCC(C3)N4CC(=O)c3cc(-c4ccccc4)no3)cc2)cc1. The Balaban J connectivity index is 0.933. The minimum Gasteiger partial charge on any atom is -0.352 e. The molecule has 2 atom stereocenters. The molecular formula is C40H44N6O3. The molecule has 9 nitrogen and oxygen atoms in total. The van der Waals surface area contributed by atoms with E-state index in [2.05, 4.69) is 53.6 Å². The van der Waals surface area contributed by atoms with Gasteiger partial charge >= 0.3 is 6.03 Å². The molecule has 5 aromatic rings. The molecule has 3 aromatic carbocycles. The summed E-state index contributed by atoms with van der Waals surface area (Å²) < 4.78 is 7.24. The fourth-order valence-corrected chi connectivity index (χ4v) is 7.26. The van der Waals surface area contributed by atoms with Crippen LogP contribution in [0.4, 0.5) is 16.3 Å². The second-order valence-electron chi connectivity index (χ2n) is 14.7. The number of nitrogens with zero attached hydrogens (tertiary/aromatic N) is 4. The number of fused-ring (bicyclic) bond motifs is 2. The van der Waals surface area contributed by atoms with Crippen molar-refractivity contribution in [1.29, 1.82) is 0 Å². The molecule has 0 radical (unpaired) electrons. The first kappa shape index (κ1) is 32.5. The van der Waals surface area contributed by atoms with Crippen LogP contribution >= 0.6 is 0 Å². The summed E-state index contributed by atoms with van der Waals surface area (Å²) in [6.45, 7) is 8.74. The number of aromatic nitrogens is 3. The van der Waals surface area contributed by atoms with Crippen LogP contribution in [0.3, 0.4) is 0 Å². The Bertz CT molecular complexity index is 1910. The summed E-state index contributed by atoms with van der Waals surface area (Å²) in [6.07, 6.45) is 5.37. The van der Waals surface area contributed by atoms with Gasteiger partial charge in [0.1, 0.15) is 11.5 Å². The monoisotopic (exact) mass is 656 g/mol. The lowest BCUT2D eigenvalue weighted by Gasteiger charge is -2.38. The van der Waals surface area contributed by atoms with Crippen molar-refractivity contribution in [3.63, 3.8) is 0 Å². The van der Waals surface area contributed by atoms with Crippen molar-refractivity contribution < 1.29 is 14.1 Å². The highest BCUT2D eigenvalue weighted by molar-refractivity contribution is 5.99. The smallest absolute Gasteiger partial charge is 0.324 e. The molecule has 0 aliphatic carbocycles. The van der Waals surface area contributed by atoms with Gasteiger partial charge < -0.3 is 9.84 Å². The van der Waals surface area contributed by atoms with Crippen molar-refractivity contribution in [2.45, 2.75) is 77.3 Å². The lowest BCUT2D eigenvalue weighted by Crippen LogP contribution is -2.45. The van der Waals surface area contributed by atoms with Gasteiger partial charge in [-0.3, -0.25) is 15.0 Å². The maximum Gasteiger partial charge on any atom is 0.324 e. The first-order valence-corrected chi connectivity index (χ1v) is 17.2. The fraction of sp³-hybridized carbons (Fsp3) is 0.350. The van der Waals surface area contributed by atoms with E-state index in [0.29, 0.717) is 41.8 Å². The molecule has 2 saturated heterocycles. The molecule has 2 aliphatic heterocycles. The third kappa shape index (κ3) is 7.37. The number of piperidine rings is 1. The number of urea groups is 1. The van der Waals surface area contributed by atoms with E-state index in [4.69, 9.17) is 9.62 Å². The zero-order chi connectivity index (χ0) is 34.1. The van der Waals surface area contributed by atoms with Gasteiger partial charge in [0.25, 0.3) is 0 Å². The third-order valence-corrected chi connectivity index (χ3v) is 9.90. The predicted octanol–water partition coefficient (Wildman–Crippen LogP) is 8.45. The van der Waals surface area contributed by atoms with Crippen molar-refractivity contribution in [2.24, 2.45) is 5.92 Å². The van der Waals surface area contributed by atoms with Crippen LogP contribution < -0.4 is 10.6 Å².